The molecule has 0 fully saturated rings. The summed E-state index contributed by atoms with van der Waals surface area (Å²) in [6, 6.07) is 0. The van der Waals surface area contributed by atoms with Crippen LogP contribution in [0, 0.1) is 22.7 Å². The highest BCUT2D eigenvalue weighted by atomic mass is 16.5. The summed E-state index contributed by atoms with van der Waals surface area (Å²) in [7, 11) is 4.05. The summed E-state index contributed by atoms with van der Waals surface area (Å²) in [4.78, 5) is 41.1. The molecule has 0 aromatic rings. The second kappa shape index (κ2) is 36.1. The molecule has 0 aromatic heterocycles. The number of nitrogens with zero attached hydrogens (tertiary/aromatic N) is 1. The van der Waals surface area contributed by atoms with Crippen molar-refractivity contribution in [1.82, 2.24) is 4.90 Å². The van der Waals surface area contributed by atoms with Crippen molar-refractivity contribution in [2.24, 2.45) is 22.7 Å². The predicted molar refractivity (Wildman–Crippen MR) is 246 cm³/mol. The molecule has 0 aliphatic heterocycles. The lowest BCUT2D eigenvalue weighted by atomic mass is 9.86. The van der Waals surface area contributed by atoms with Crippen molar-refractivity contribution in [1.29, 1.82) is 0 Å². The van der Waals surface area contributed by atoms with E-state index in [1.165, 1.54) is 103 Å². The number of hydrogen-bond donors (Lipinski definition) is 0. The van der Waals surface area contributed by atoms with Gasteiger partial charge in [-0.15, -0.1) is 0 Å². The standard InChI is InChI=1S/C51H99NO6/c1-11-15-19-23-32-44(30-17-13-3)37-42-56-48(54)50(5,6)39-27-21-25-34-46(58-47(53)36-29-41-52(9)10)35-26-22-28-40-51(7,8)49(55)57-43-38-45(31-18-14-4)33-24-20-16-12-2/h44-46H,11-43H2,1-10H3. The van der Waals surface area contributed by atoms with Crippen LogP contribution in [0.2, 0.25) is 0 Å². The number of ether oxygens (including phenoxy) is 3. The number of esters is 3. The summed E-state index contributed by atoms with van der Waals surface area (Å²) in [6.45, 7) is 19.0. The smallest absolute Gasteiger partial charge is 0.311 e. The highest BCUT2D eigenvalue weighted by Crippen LogP contribution is 2.29. The van der Waals surface area contributed by atoms with Crippen LogP contribution in [-0.4, -0.2) is 62.8 Å². The van der Waals surface area contributed by atoms with E-state index in [9.17, 15) is 14.4 Å². The van der Waals surface area contributed by atoms with Crippen molar-refractivity contribution in [3.05, 3.63) is 0 Å². The van der Waals surface area contributed by atoms with E-state index in [0.29, 0.717) is 31.5 Å². The van der Waals surface area contributed by atoms with E-state index in [0.717, 1.165) is 90.0 Å². The SMILES string of the molecule is CCCCCCC(CCCC)CCOC(=O)C(C)(C)CCCCCC(CCCCCC(C)(C)C(=O)OCCC(CCCC)CCCCCC)OC(=O)CCCN(C)C. The van der Waals surface area contributed by atoms with Crippen molar-refractivity contribution >= 4 is 17.9 Å². The lowest BCUT2D eigenvalue weighted by Crippen LogP contribution is -2.27. The Morgan fingerprint density at radius 3 is 1.24 bits per heavy atom. The van der Waals surface area contributed by atoms with E-state index in [1.807, 2.05) is 41.8 Å². The van der Waals surface area contributed by atoms with Crippen LogP contribution >= 0.6 is 0 Å². The first-order valence-corrected chi connectivity index (χ1v) is 24.9. The van der Waals surface area contributed by atoms with Crippen molar-refractivity contribution < 1.29 is 28.6 Å². The summed E-state index contributed by atoms with van der Waals surface area (Å²) < 4.78 is 17.8. The van der Waals surface area contributed by atoms with Gasteiger partial charge in [0, 0.05) is 6.42 Å². The van der Waals surface area contributed by atoms with Crippen LogP contribution in [-0.2, 0) is 28.6 Å². The molecule has 2 unspecified atom stereocenters. The van der Waals surface area contributed by atoms with Gasteiger partial charge in [-0.05, 0) is 118 Å². The Hall–Kier alpha value is -1.63. The molecule has 0 bridgehead atoms. The third-order valence-corrected chi connectivity index (χ3v) is 12.4. The predicted octanol–water partition coefficient (Wildman–Crippen LogP) is 14.6. The number of unbranched alkanes of at least 4 members (excludes halogenated alkanes) is 12. The molecular weight excluding hydrogens is 723 g/mol. The minimum absolute atomic E-state index is 0.0714. The van der Waals surface area contributed by atoms with E-state index in [1.54, 1.807) is 0 Å². The van der Waals surface area contributed by atoms with Crippen LogP contribution in [0.25, 0.3) is 0 Å². The van der Waals surface area contributed by atoms with Gasteiger partial charge in [0.05, 0.1) is 24.0 Å². The zero-order valence-corrected chi connectivity index (χ0v) is 40.5. The molecule has 58 heavy (non-hydrogen) atoms. The van der Waals surface area contributed by atoms with Crippen LogP contribution in [0.1, 0.15) is 248 Å². The van der Waals surface area contributed by atoms with Gasteiger partial charge in [-0.3, -0.25) is 14.4 Å². The van der Waals surface area contributed by atoms with Gasteiger partial charge < -0.3 is 19.1 Å². The van der Waals surface area contributed by atoms with E-state index >= 15 is 0 Å². The van der Waals surface area contributed by atoms with Crippen LogP contribution < -0.4 is 0 Å². The van der Waals surface area contributed by atoms with Gasteiger partial charge in [-0.1, -0.05) is 156 Å². The average Bonchev–Trinajstić information content (AvgIpc) is 3.17. The Kier molecular flexibility index (Phi) is 35.0. The van der Waals surface area contributed by atoms with Gasteiger partial charge in [0.15, 0.2) is 0 Å². The molecule has 0 aliphatic carbocycles. The van der Waals surface area contributed by atoms with E-state index < -0.39 is 10.8 Å². The van der Waals surface area contributed by atoms with Gasteiger partial charge in [0.25, 0.3) is 0 Å². The lowest BCUT2D eigenvalue weighted by molar-refractivity contribution is -0.155. The number of rotatable bonds is 41. The molecule has 0 radical (unpaired) electrons. The van der Waals surface area contributed by atoms with Gasteiger partial charge in [0.1, 0.15) is 6.10 Å². The summed E-state index contributed by atoms with van der Waals surface area (Å²) in [6.07, 6.45) is 32.5. The minimum Gasteiger partial charge on any atom is -0.465 e. The first-order chi connectivity index (χ1) is 27.7. The molecule has 0 aliphatic rings. The Morgan fingerprint density at radius 2 is 0.845 bits per heavy atom. The largest absolute Gasteiger partial charge is 0.465 e. The number of carbonyl (C=O) groups excluding carboxylic acids is 3. The van der Waals surface area contributed by atoms with Crippen LogP contribution in [0.5, 0.6) is 0 Å². The van der Waals surface area contributed by atoms with Crippen molar-refractivity contribution in [3.8, 4) is 0 Å². The summed E-state index contributed by atoms with van der Waals surface area (Å²) >= 11 is 0. The van der Waals surface area contributed by atoms with Crippen molar-refractivity contribution in [3.63, 3.8) is 0 Å². The first kappa shape index (κ1) is 56.4. The van der Waals surface area contributed by atoms with Gasteiger partial charge in [-0.2, -0.15) is 0 Å². The first-order valence-electron chi connectivity index (χ1n) is 24.9. The fourth-order valence-corrected chi connectivity index (χ4v) is 8.08. The maximum Gasteiger partial charge on any atom is 0.311 e. The number of hydrogen-bond acceptors (Lipinski definition) is 7. The Bertz CT molecular complexity index is 929. The van der Waals surface area contributed by atoms with Crippen molar-refractivity contribution in [2.75, 3.05) is 33.9 Å². The van der Waals surface area contributed by atoms with Gasteiger partial charge in [-0.25, -0.2) is 0 Å². The highest BCUT2D eigenvalue weighted by molar-refractivity contribution is 5.76. The lowest BCUT2D eigenvalue weighted by Gasteiger charge is -2.24. The molecule has 0 saturated carbocycles. The summed E-state index contributed by atoms with van der Waals surface area (Å²) in [5, 5.41) is 0. The second-order valence-corrected chi connectivity index (χ2v) is 19.5. The van der Waals surface area contributed by atoms with Gasteiger partial charge >= 0.3 is 17.9 Å². The van der Waals surface area contributed by atoms with Crippen LogP contribution in [0.3, 0.4) is 0 Å². The van der Waals surface area contributed by atoms with Crippen LogP contribution in [0.15, 0.2) is 0 Å². The average molecular weight is 822 g/mol. The fraction of sp³-hybridized carbons (Fsp3) is 0.941. The fourth-order valence-electron chi connectivity index (χ4n) is 8.08. The number of carbonyl (C=O) groups is 3. The molecule has 344 valence electrons. The molecule has 7 nitrogen and oxygen atoms in total. The normalized spacial score (nSPS) is 13.7. The van der Waals surface area contributed by atoms with Crippen LogP contribution in [0.4, 0.5) is 0 Å². The van der Waals surface area contributed by atoms with Gasteiger partial charge in [0.2, 0.25) is 0 Å². The molecule has 0 rings (SSSR count). The molecule has 0 aromatic carbocycles. The molecule has 7 heteroatoms. The molecule has 0 saturated heterocycles. The quantitative estimate of drug-likeness (QED) is 0.0345. The minimum atomic E-state index is -0.497. The molecule has 2 atom stereocenters. The zero-order chi connectivity index (χ0) is 43.5. The topological polar surface area (TPSA) is 82.1 Å². The Labute approximate surface area is 361 Å². The Morgan fingerprint density at radius 1 is 0.466 bits per heavy atom. The summed E-state index contributed by atoms with van der Waals surface area (Å²) in [5.74, 6) is 1.07. The molecule has 0 spiro atoms. The third-order valence-electron chi connectivity index (χ3n) is 12.4. The summed E-state index contributed by atoms with van der Waals surface area (Å²) in [5.41, 5.74) is -0.993. The molecular formula is C51H99NO6. The Balaban J connectivity index is 4.82. The van der Waals surface area contributed by atoms with E-state index in [2.05, 4.69) is 32.6 Å². The van der Waals surface area contributed by atoms with E-state index in [4.69, 9.17) is 14.2 Å². The second-order valence-electron chi connectivity index (χ2n) is 19.5. The van der Waals surface area contributed by atoms with Crippen molar-refractivity contribution in [2.45, 2.75) is 254 Å². The maximum atomic E-state index is 13.1. The maximum absolute atomic E-state index is 13.1. The monoisotopic (exact) mass is 822 g/mol. The highest BCUT2D eigenvalue weighted by Gasteiger charge is 2.30. The molecule has 0 N–H and O–H groups in total. The van der Waals surface area contributed by atoms with E-state index in [-0.39, 0.29) is 24.0 Å². The molecule has 0 heterocycles. The third kappa shape index (κ3) is 31.3. The zero-order valence-electron chi connectivity index (χ0n) is 40.5. The molecule has 0 amide bonds.